The topological polar surface area (TPSA) is 66.0 Å². The number of methoxy groups -OCH3 is 2. The Labute approximate surface area is 160 Å². The third-order valence-electron chi connectivity index (χ3n) is 3.93. The normalized spacial score (nSPS) is 12.6. The van der Waals surface area contributed by atoms with Gasteiger partial charge in [-0.3, -0.25) is 4.79 Å². The van der Waals surface area contributed by atoms with Gasteiger partial charge in [0.05, 0.1) is 20.3 Å². The summed E-state index contributed by atoms with van der Waals surface area (Å²) in [5.41, 5.74) is 0. The fourth-order valence-corrected chi connectivity index (χ4v) is 2.43. The number of hydrogen-bond acceptors (Lipinski definition) is 5. The van der Waals surface area contributed by atoms with Gasteiger partial charge in [0.1, 0.15) is 29.6 Å². The van der Waals surface area contributed by atoms with Crippen LogP contribution in [0.25, 0.3) is 0 Å². The van der Waals surface area contributed by atoms with Gasteiger partial charge in [0.2, 0.25) is 0 Å². The summed E-state index contributed by atoms with van der Waals surface area (Å²) >= 11 is 0. The van der Waals surface area contributed by atoms with Gasteiger partial charge in [-0.05, 0) is 49.7 Å². The van der Waals surface area contributed by atoms with Crippen molar-refractivity contribution in [1.29, 1.82) is 0 Å². The molecule has 0 aliphatic heterocycles. The highest BCUT2D eigenvalue weighted by atomic mass is 16.5. The molecule has 0 aromatic heterocycles. The van der Waals surface area contributed by atoms with Gasteiger partial charge in [-0.1, -0.05) is 13.0 Å². The molecule has 6 heteroatoms. The number of ether oxygens (including phenoxy) is 4. The van der Waals surface area contributed by atoms with Crippen molar-refractivity contribution < 1.29 is 23.7 Å². The minimum absolute atomic E-state index is 0.164. The van der Waals surface area contributed by atoms with Crippen LogP contribution in [0.2, 0.25) is 0 Å². The molecule has 6 nitrogen and oxygen atoms in total. The predicted octanol–water partition coefficient (Wildman–Crippen LogP) is 3.44. The Kier molecular flexibility index (Phi) is 7.79. The molecule has 0 aliphatic carbocycles. The van der Waals surface area contributed by atoms with Gasteiger partial charge in [0.15, 0.2) is 6.10 Å². The van der Waals surface area contributed by atoms with E-state index in [1.807, 2.05) is 50.2 Å². The zero-order valence-corrected chi connectivity index (χ0v) is 16.2. The van der Waals surface area contributed by atoms with Crippen molar-refractivity contribution in [3.63, 3.8) is 0 Å². The second kappa shape index (κ2) is 10.3. The van der Waals surface area contributed by atoms with Crippen molar-refractivity contribution in [3.05, 3.63) is 48.5 Å². The summed E-state index contributed by atoms with van der Waals surface area (Å²) in [6.07, 6.45) is -0.0321. The molecule has 0 saturated heterocycles. The van der Waals surface area contributed by atoms with E-state index in [0.717, 1.165) is 11.5 Å². The number of carbonyl (C=O) groups is 1. The minimum atomic E-state index is -0.583. The van der Waals surface area contributed by atoms with Gasteiger partial charge in [0, 0.05) is 6.07 Å². The molecule has 27 heavy (non-hydrogen) atoms. The Morgan fingerprint density at radius 3 is 2.22 bits per heavy atom. The van der Waals surface area contributed by atoms with Crippen molar-refractivity contribution in [2.75, 3.05) is 20.8 Å². The molecule has 0 spiro atoms. The van der Waals surface area contributed by atoms with Gasteiger partial charge >= 0.3 is 0 Å². The van der Waals surface area contributed by atoms with E-state index in [9.17, 15) is 4.79 Å². The van der Waals surface area contributed by atoms with Crippen LogP contribution in [0.5, 0.6) is 23.0 Å². The first-order chi connectivity index (χ1) is 13.0. The van der Waals surface area contributed by atoms with Crippen LogP contribution in [0.3, 0.4) is 0 Å². The number of hydrogen-bond donors (Lipinski definition) is 1. The first-order valence-corrected chi connectivity index (χ1v) is 8.93. The number of rotatable bonds is 10. The lowest BCUT2D eigenvalue weighted by molar-refractivity contribution is -0.128. The third kappa shape index (κ3) is 6.40. The summed E-state index contributed by atoms with van der Waals surface area (Å²) in [6, 6.07) is 14.4. The lowest BCUT2D eigenvalue weighted by atomic mass is 10.2. The number of nitrogens with one attached hydrogen (secondary N) is 1. The van der Waals surface area contributed by atoms with Crippen molar-refractivity contribution in [2.24, 2.45) is 0 Å². The van der Waals surface area contributed by atoms with E-state index >= 15 is 0 Å². The van der Waals surface area contributed by atoms with Crippen LogP contribution in [-0.2, 0) is 4.79 Å². The van der Waals surface area contributed by atoms with Gasteiger partial charge in [0.25, 0.3) is 5.91 Å². The molecule has 1 amide bonds. The Morgan fingerprint density at radius 1 is 0.963 bits per heavy atom. The second-order valence-corrected chi connectivity index (χ2v) is 6.09. The smallest absolute Gasteiger partial charge is 0.261 e. The molecule has 0 bridgehead atoms. The first-order valence-electron chi connectivity index (χ1n) is 8.93. The summed E-state index contributed by atoms with van der Waals surface area (Å²) in [4.78, 5) is 12.5. The van der Waals surface area contributed by atoms with Crippen LogP contribution < -0.4 is 24.3 Å². The Bertz CT molecular complexity index is 717. The molecular weight excluding hydrogens is 346 g/mol. The average Bonchev–Trinajstić information content (AvgIpc) is 2.70. The molecule has 0 radical (unpaired) electrons. The molecular formula is C21H27NO5. The molecule has 1 N–H and O–H groups in total. The van der Waals surface area contributed by atoms with Crippen molar-refractivity contribution in [1.82, 2.24) is 5.32 Å². The molecule has 0 saturated carbocycles. The van der Waals surface area contributed by atoms with Gasteiger partial charge < -0.3 is 24.3 Å². The van der Waals surface area contributed by atoms with Crippen LogP contribution >= 0.6 is 0 Å². The van der Waals surface area contributed by atoms with E-state index in [1.54, 1.807) is 26.4 Å². The summed E-state index contributed by atoms with van der Waals surface area (Å²) in [6.45, 7) is 4.15. The van der Waals surface area contributed by atoms with E-state index in [0.29, 0.717) is 24.5 Å². The summed E-state index contributed by atoms with van der Waals surface area (Å²) in [5, 5.41) is 2.93. The molecule has 0 unspecified atom stereocenters. The fourth-order valence-electron chi connectivity index (χ4n) is 2.43. The Morgan fingerprint density at radius 2 is 1.59 bits per heavy atom. The molecule has 0 aliphatic rings. The van der Waals surface area contributed by atoms with Crippen LogP contribution in [0.4, 0.5) is 0 Å². The van der Waals surface area contributed by atoms with Gasteiger partial charge in [-0.15, -0.1) is 0 Å². The van der Waals surface area contributed by atoms with E-state index in [1.165, 1.54) is 0 Å². The van der Waals surface area contributed by atoms with Crippen LogP contribution in [0.15, 0.2) is 48.5 Å². The van der Waals surface area contributed by atoms with Gasteiger partial charge in [-0.25, -0.2) is 0 Å². The summed E-state index contributed by atoms with van der Waals surface area (Å²) < 4.78 is 21.8. The molecule has 0 fully saturated rings. The second-order valence-electron chi connectivity index (χ2n) is 6.09. The minimum Gasteiger partial charge on any atom is -0.497 e. The predicted molar refractivity (Wildman–Crippen MR) is 104 cm³/mol. The SMILES string of the molecule is CC[C@H](Oc1cccc(OC)c1)C(=O)N[C@H](C)COc1ccc(OC)cc1. The summed E-state index contributed by atoms with van der Waals surface area (Å²) in [7, 11) is 3.21. The number of amides is 1. The molecule has 2 aromatic rings. The third-order valence-corrected chi connectivity index (χ3v) is 3.93. The van der Waals surface area contributed by atoms with E-state index < -0.39 is 6.10 Å². The maximum absolute atomic E-state index is 12.5. The van der Waals surface area contributed by atoms with Crippen LogP contribution in [-0.4, -0.2) is 38.9 Å². The molecule has 2 aromatic carbocycles. The Balaban J connectivity index is 1.84. The Hall–Kier alpha value is -2.89. The average molecular weight is 373 g/mol. The molecule has 2 atom stereocenters. The summed E-state index contributed by atoms with van der Waals surface area (Å²) in [5.74, 6) is 2.59. The zero-order valence-electron chi connectivity index (χ0n) is 16.2. The highest BCUT2D eigenvalue weighted by molar-refractivity contribution is 5.81. The highest BCUT2D eigenvalue weighted by Gasteiger charge is 2.20. The molecule has 2 rings (SSSR count). The largest absolute Gasteiger partial charge is 0.497 e. The maximum Gasteiger partial charge on any atom is 0.261 e. The van der Waals surface area contributed by atoms with Crippen LogP contribution in [0.1, 0.15) is 20.3 Å². The maximum atomic E-state index is 12.5. The van der Waals surface area contributed by atoms with Gasteiger partial charge in [-0.2, -0.15) is 0 Å². The number of benzene rings is 2. The first kappa shape index (κ1) is 20.4. The molecule has 0 heterocycles. The van der Waals surface area contributed by atoms with E-state index in [-0.39, 0.29) is 11.9 Å². The van der Waals surface area contributed by atoms with E-state index in [4.69, 9.17) is 18.9 Å². The quantitative estimate of drug-likeness (QED) is 0.691. The monoisotopic (exact) mass is 373 g/mol. The number of carbonyl (C=O) groups excluding carboxylic acids is 1. The standard InChI is InChI=1S/C21H27NO5/c1-5-20(27-19-8-6-7-18(13-19)25-4)21(23)22-15(2)14-26-17-11-9-16(24-3)10-12-17/h6-13,15,20H,5,14H2,1-4H3,(H,22,23)/t15-,20+/m1/s1. The van der Waals surface area contributed by atoms with Crippen molar-refractivity contribution in [3.8, 4) is 23.0 Å². The molecule has 146 valence electrons. The fraction of sp³-hybridized carbons (Fsp3) is 0.381. The van der Waals surface area contributed by atoms with Crippen LogP contribution in [0, 0.1) is 0 Å². The van der Waals surface area contributed by atoms with Crippen molar-refractivity contribution in [2.45, 2.75) is 32.4 Å². The lowest BCUT2D eigenvalue weighted by Gasteiger charge is -2.21. The van der Waals surface area contributed by atoms with E-state index in [2.05, 4.69) is 5.32 Å². The van der Waals surface area contributed by atoms with Crippen molar-refractivity contribution >= 4 is 5.91 Å². The lowest BCUT2D eigenvalue weighted by Crippen LogP contribution is -2.44. The zero-order chi connectivity index (χ0) is 19.6. The highest BCUT2D eigenvalue weighted by Crippen LogP contribution is 2.21.